The summed E-state index contributed by atoms with van der Waals surface area (Å²) in [4.78, 5) is 14.5. The minimum Gasteiger partial charge on any atom is -0.357 e. The molecule has 120 valence electrons. The van der Waals surface area contributed by atoms with Crippen molar-refractivity contribution in [3.05, 3.63) is 42.5 Å². The van der Waals surface area contributed by atoms with Crippen molar-refractivity contribution >= 4 is 39.8 Å². The second-order valence-electron chi connectivity index (χ2n) is 5.28. The van der Waals surface area contributed by atoms with Gasteiger partial charge < -0.3 is 10.2 Å². The van der Waals surface area contributed by atoms with E-state index in [0.717, 1.165) is 21.6 Å². The Kier molecular flexibility index (Phi) is 4.97. The highest BCUT2D eigenvalue weighted by molar-refractivity contribution is 8.01. The van der Waals surface area contributed by atoms with Crippen molar-refractivity contribution in [2.45, 2.75) is 23.7 Å². The summed E-state index contributed by atoms with van der Waals surface area (Å²) in [6, 6.07) is 8.32. The van der Waals surface area contributed by atoms with E-state index in [9.17, 15) is 4.79 Å². The minimum absolute atomic E-state index is 0.114. The molecular weight excluding hydrogens is 328 g/mol. The number of carbonyl (C=O) groups excluding carboxylic acids is 1. The van der Waals surface area contributed by atoms with Crippen molar-refractivity contribution in [2.24, 2.45) is 0 Å². The Labute approximate surface area is 143 Å². The van der Waals surface area contributed by atoms with Gasteiger partial charge in [-0.15, -0.1) is 16.8 Å². The summed E-state index contributed by atoms with van der Waals surface area (Å²) in [5.74, 6) is 0.484. The van der Waals surface area contributed by atoms with Crippen LogP contribution in [0, 0.1) is 0 Å². The van der Waals surface area contributed by atoms with Crippen LogP contribution in [0.2, 0.25) is 0 Å². The molecule has 0 fully saturated rings. The van der Waals surface area contributed by atoms with Crippen LogP contribution in [0.5, 0.6) is 0 Å². The molecule has 0 spiro atoms. The lowest BCUT2D eigenvalue weighted by atomic mass is 10.1. The molecule has 2 heterocycles. The first-order chi connectivity index (χ1) is 11.2. The number of aromatic nitrogens is 2. The van der Waals surface area contributed by atoms with Gasteiger partial charge in [0.25, 0.3) is 0 Å². The van der Waals surface area contributed by atoms with Gasteiger partial charge in [-0.05, 0) is 25.0 Å². The number of anilines is 2. The second-order valence-corrected chi connectivity index (χ2v) is 7.48. The molecule has 0 saturated heterocycles. The van der Waals surface area contributed by atoms with Crippen molar-refractivity contribution in [3.8, 4) is 0 Å². The van der Waals surface area contributed by atoms with Crippen molar-refractivity contribution in [2.75, 3.05) is 22.5 Å². The third-order valence-electron chi connectivity index (χ3n) is 3.60. The molecule has 1 N–H and O–H groups in total. The van der Waals surface area contributed by atoms with Crippen LogP contribution in [0.3, 0.4) is 0 Å². The highest BCUT2D eigenvalue weighted by Gasteiger charge is 2.30. The third kappa shape index (κ3) is 3.56. The van der Waals surface area contributed by atoms with E-state index in [4.69, 9.17) is 0 Å². The van der Waals surface area contributed by atoms with E-state index in [0.29, 0.717) is 12.3 Å². The molecular formula is C16H18N4OS2. The number of carbonyl (C=O) groups is 1. The molecule has 2 aromatic rings. The Morgan fingerprint density at radius 3 is 3.17 bits per heavy atom. The lowest BCUT2D eigenvalue weighted by Crippen LogP contribution is -2.36. The van der Waals surface area contributed by atoms with Crippen LogP contribution in [0.1, 0.15) is 12.5 Å². The van der Waals surface area contributed by atoms with Crippen LogP contribution in [-0.4, -0.2) is 34.4 Å². The fourth-order valence-corrected chi connectivity index (χ4v) is 4.26. The predicted molar refractivity (Wildman–Crippen MR) is 96.4 cm³/mol. The maximum Gasteiger partial charge on any atom is 0.237 e. The summed E-state index contributed by atoms with van der Waals surface area (Å²) in [6.07, 6.45) is 2.69. The molecule has 1 aliphatic rings. The van der Waals surface area contributed by atoms with Crippen LogP contribution in [0.25, 0.3) is 0 Å². The topological polar surface area (TPSA) is 58.1 Å². The number of thioether (sulfide) groups is 1. The van der Waals surface area contributed by atoms with Gasteiger partial charge >= 0.3 is 0 Å². The lowest BCUT2D eigenvalue weighted by molar-refractivity contribution is -0.116. The van der Waals surface area contributed by atoms with Gasteiger partial charge in [0.2, 0.25) is 11.0 Å². The SMILES string of the molecule is C=CCNc1nnc(SCC(=O)N2c3ccccc3C[C@H]2C)s1. The van der Waals surface area contributed by atoms with Gasteiger partial charge in [0.1, 0.15) is 0 Å². The summed E-state index contributed by atoms with van der Waals surface area (Å²) in [7, 11) is 0. The summed E-state index contributed by atoms with van der Waals surface area (Å²) < 4.78 is 0.796. The standard InChI is InChI=1S/C16H18N4OS2/c1-3-8-17-15-18-19-16(23-15)22-10-14(21)20-11(2)9-12-6-4-5-7-13(12)20/h3-7,11H,1,8-10H2,2H3,(H,17,18)/t11-/m1/s1. The number of para-hydroxylation sites is 1. The van der Waals surface area contributed by atoms with E-state index in [-0.39, 0.29) is 11.9 Å². The maximum absolute atomic E-state index is 12.6. The average Bonchev–Trinajstić information content (AvgIpc) is 3.13. The predicted octanol–water partition coefficient (Wildman–Crippen LogP) is 3.21. The second kappa shape index (κ2) is 7.14. The molecule has 0 aliphatic carbocycles. The first-order valence-corrected chi connectivity index (χ1v) is 9.20. The smallest absolute Gasteiger partial charge is 0.237 e. The molecule has 7 heteroatoms. The fourth-order valence-electron chi connectivity index (χ4n) is 2.64. The van der Waals surface area contributed by atoms with Crippen molar-refractivity contribution in [1.29, 1.82) is 0 Å². The molecule has 5 nitrogen and oxygen atoms in total. The van der Waals surface area contributed by atoms with Crippen LogP contribution < -0.4 is 10.2 Å². The molecule has 1 atom stereocenters. The van der Waals surface area contributed by atoms with Crippen molar-refractivity contribution in [3.63, 3.8) is 0 Å². The number of nitrogens with zero attached hydrogens (tertiary/aromatic N) is 3. The van der Waals surface area contributed by atoms with E-state index in [1.165, 1.54) is 28.7 Å². The number of fused-ring (bicyclic) bond motifs is 1. The number of amides is 1. The third-order valence-corrected chi connectivity index (χ3v) is 5.60. The average molecular weight is 346 g/mol. The number of hydrogen-bond acceptors (Lipinski definition) is 6. The molecule has 1 amide bonds. The normalized spacial score (nSPS) is 16.2. The number of benzene rings is 1. The van der Waals surface area contributed by atoms with E-state index in [1.54, 1.807) is 6.08 Å². The molecule has 23 heavy (non-hydrogen) atoms. The first-order valence-electron chi connectivity index (χ1n) is 7.40. The van der Waals surface area contributed by atoms with Gasteiger partial charge in [-0.2, -0.15) is 0 Å². The highest BCUT2D eigenvalue weighted by Crippen LogP contribution is 2.33. The molecule has 0 saturated carbocycles. The Bertz CT molecular complexity index is 716. The Hall–Kier alpha value is -1.86. The van der Waals surface area contributed by atoms with Gasteiger partial charge in [-0.3, -0.25) is 4.79 Å². The highest BCUT2D eigenvalue weighted by atomic mass is 32.2. The Morgan fingerprint density at radius 1 is 1.52 bits per heavy atom. The zero-order valence-corrected chi connectivity index (χ0v) is 14.5. The Morgan fingerprint density at radius 2 is 2.35 bits per heavy atom. The largest absolute Gasteiger partial charge is 0.357 e. The first kappa shape index (κ1) is 16.0. The van der Waals surface area contributed by atoms with Gasteiger partial charge in [0.15, 0.2) is 4.34 Å². The quantitative estimate of drug-likeness (QED) is 0.643. The summed E-state index contributed by atoms with van der Waals surface area (Å²) in [5.41, 5.74) is 2.28. The van der Waals surface area contributed by atoms with Crippen LogP contribution >= 0.6 is 23.1 Å². The van der Waals surface area contributed by atoms with Crippen molar-refractivity contribution in [1.82, 2.24) is 10.2 Å². The molecule has 0 unspecified atom stereocenters. The maximum atomic E-state index is 12.6. The van der Waals surface area contributed by atoms with Crippen LogP contribution in [0.4, 0.5) is 10.8 Å². The molecule has 0 radical (unpaired) electrons. The zero-order chi connectivity index (χ0) is 16.2. The molecule has 0 bridgehead atoms. The van der Waals surface area contributed by atoms with Gasteiger partial charge in [-0.1, -0.05) is 47.4 Å². The summed E-state index contributed by atoms with van der Waals surface area (Å²) in [5, 5.41) is 12.0. The number of nitrogens with one attached hydrogen (secondary N) is 1. The number of hydrogen-bond donors (Lipinski definition) is 1. The Balaban J connectivity index is 1.61. The monoisotopic (exact) mass is 346 g/mol. The lowest BCUT2D eigenvalue weighted by Gasteiger charge is -2.22. The summed E-state index contributed by atoms with van der Waals surface area (Å²) >= 11 is 2.89. The van der Waals surface area contributed by atoms with Gasteiger partial charge in [0.05, 0.1) is 5.75 Å². The zero-order valence-electron chi connectivity index (χ0n) is 12.9. The molecule has 3 rings (SSSR count). The molecule has 1 aromatic heterocycles. The van der Waals surface area contributed by atoms with Gasteiger partial charge in [0, 0.05) is 18.3 Å². The van der Waals surface area contributed by atoms with Crippen LogP contribution in [-0.2, 0) is 11.2 Å². The van der Waals surface area contributed by atoms with E-state index >= 15 is 0 Å². The molecule has 1 aromatic carbocycles. The summed E-state index contributed by atoms with van der Waals surface area (Å²) in [6.45, 7) is 6.39. The minimum atomic E-state index is 0.114. The van der Waals surface area contributed by atoms with E-state index in [2.05, 4.69) is 35.1 Å². The van der Waals surface area contributed by atoms with Gasteiger partial charge in [-0.25, -0.2) is 0 Å². The van der Waals surface area contributed by atoms with E-state index in [1.807, 2.05) is 23.1 Å². The number of rotatable bonds is 6. The fraction of sp³-hybridized carbons (Fsp3) is 0.312. The van der Waals surface area contributed by atoms with Crippen molar-refractivity contribution < 1.29 is 4.79 Å². The van der Waals surface area contributed by atoms with E-state index < -0.39 is 0 Å². The van der Waals surface area contributed by atoms with Crippen LogP contribution in [0.15, 0.2) is 41.3 Å². The molecule has 1 aliphatic heterocycles.